The summed E-state index contributed by atoms with van der Waals surface area (Å²) in [5.41, 5.74) is 1.44. The van der Waals surface area contributed by atoms with E-state index in [-0.39, 0.29) is 0 Å². The number of benzene rings is 2. The molecule has 2 aromatic rings. The number of nitrogens with zero attached hydrogens (tertiary/aromatic N) is 1. The number of hydrogen-bond donors (Lipinski definition) is 1. The maximum Gasteiger partial charge on any atom is -0.000812 e. The molecule has 2 rings (SSSR count). The first-order valence-corrected chi connectivity index (χ1v) is 7.09. The standard InChI is InChI=1S/C17H24N2/c1-19(2)14-6-12-18-13-11-16-9-5-8-15-7-3-4-10-17(15)16/h3-5,7-10,18H,6,11-14H2,1-2H3. The molecule has 0 heterocycles. The number of nitrogens with one attached hydrogen (secondary N) is 1. The average Bonchev–Trinajstić information content (AvgIpc) is 2.42. The molecule has 102 valence electrons. The predicted octanol–water partition coefficient (Wildman–Crippen LogP) is 2.92. The van der Waals surface area contributed by atoms with Gasteiger partial charge in [0.2, 0.25) is 0 Å². The molecular formula is C17H24N2. The largest absolute Gasteiger partial charge is 0.316 e. The molecule has 0 aromatic heterocycles. The summed E-state index contributed by atoms with van der Waals surface area (Å²) < 4.78 is 0. The van der Waals surface area contributed by atoms with Crippen LogP contribution in [-0.4, -0.2) is 38.6 Å². The van der Waals surface area contributed by atoms with Crippen molar-refractivity contribution in [1.82, 2.24) is 10.2 Å². The fourth-order valence-corrected chi connectivity index (χ4v) is 2.38. The molecule has 0 aliphatic carbocycles. The first kappa shape index (κ1) is 14.0. The van der Waals surface area contributed by atoms with Crippen LogP contribution in [0.4, 0.5) is 0 Å². The Kier molecular flexibility index (Phi) is 5.37. The molecule has 0 unspecified atom stereocenters. The van der Waals surface area contributed by atoms with Crippen molar-refractivity contribution < 1.29 is 0 Å². The summed E-state index contributed by atoms with van der Waals surface area (Å²) >= 11 is 0. The first-order chi connectivity index (χ1) is 9.27. The van der Waals surface area contributed by atoms with Crippen molar-refractivity contribution in [1.29, 1.82) is 0 Å². The SMILES string of the molecule is CN(C)CCCNCCc1cccc2ccccc12. The van der Waals surface area contributed by atoms with Crippen LogP contribution in [0.5, 0.6) is 0 Å². The van der Waals surface area contributed by atoms with Crippen LogP contribution in [0.2, 0.25) is 0 Å². The highest BCUT2D eigenvalue weighted by Crippen LogP contribution is 2.18. The van der Waals surface area contributed by atoms with Crippen molar-refractivity contribution >= 4 is 10.8 Å². The van der Waals surface area contributed by atoms with Crippen molar-refractivity contribution in [3.05, 3.63) is 48.0 Å². The maximum absolute atomic E-state index is 3.53. The summed E-state index contributed by atoms with van der Waals surface area (Å²) in [6.07, 6.45) is 2.31. The third-order valence-electron chi connectivity index (χ3n) is 3.41. The molecule has 2 heteroatoms. The molecular weight excluding hydrogens is 232 g/mol. The van der Waals surface area contributed by atoms with Crippen LogP contribution in [0.15, 0.2) is 42.5 Å². The van der Waals surface area contributed by atoms with E-state index in [9.17, 15) is 0 Å². The molecule has 19 heavy (non-hydrogen) atoms. The van der Waals surface area contributed by atoms with Gasteiger partial charge < -0.3 is 10.2 Å². The Morgan fingerprint density at radius 1 is 0.947 bits per heavy atom. The van der Waals surface area contributed by atoms with E-state index >= 15 is 0 Å². The van der Waals surface area contributed by atoms with Crippen molar-refractivity contribution in [2.75, 3.05) is 33.7 Å². The van der Waals surface area contributed by atoms with Gasteiger partial charge in [-0.1, -0.05) is 42.5 Å². The summed E-state index contributed by atoms with van der Waals surface area (Å²) in [6.45, 7) is 3.31. The summed E-state index contributed by atoms with van der Waals surface area (Å²) in [7, 11) is 4.24. The quantitative estimate of drug-likeness (QED) is 0.766. The van der Waals surface area contributed by atoms with E-state index in [1.807, 2.05) is 0 Å². The van der Waals surface area contributed by atoms with Crippen LogP contribution >= 0.6 is 0 Å². The molecule has 0 spiro atoms. The molecule has 0 amide bonds. The van der Waals surface area contributed by atoms with Gasteiger partial charge in [0, 0.05) is 0 Å². The second-order valence-electron chi connectivity index (χ2n) is 5.30. The molecule has 0 saturated carbocycles. The second kappa shape index (κ2) is 7.27. The van der Waals surface area contributed by atoms with E-state index in [0.717, 1.165) is 26.1 Å². The van der Waals surface area contributed by atoms with Gasteiger partial charge in [-0.3, -0.25) is 0 Å². The molecule has 0 atom stereocenters. The minimum absolute atomic E-state index is 1.06. The molecule has 0 bridgehead atoms. The Bertz CT molecular complexity index is 500. The van der Waals surface area contributed by atoms with E-state index in [1.165, 1.54) is 22.8 Å². The zero-order valence-electron chi connectivity index (χ0n) is 12.0. The van der Waals surface area contributed by atoms with E-state index < -0.39 is 0 Å². The van der Waals surface area contributed by atoms with Gasteiger partial charge >= 0.3 is 0 Å². The van der Waals surface area contributed by atoms with E-state index in [2.05, 4.69) is 66.8 Å². The highest BCUT2D eigenvalue weighted by atomic mass is 15.0. The van der Waals surface area contributed by atoms with Gasteiger partial charge in [-0.2, -0.15) is 0 Å². The molecule has 0 aliphatic heterocycles. The lowest BCUT2D eigenvalue weighted by Crippen LogP contribution is -2.23. The van der Waals surface area contributed by atoms with Gasteiger partial charge in [-0.25, -0.2) is 0 Å². The monoisotopic (exact) mass is 256 g/mol. The van der Waals surface area contributed by atoms with E-state index in [0.29, 0.717) is 0 Å². The minimum Gasteiger partial charge on any atom is -0.316 e. The summed E-state index contributed by atoms with van der Waals surface area (Å²) in [5.74, 6) is 0. The van der Waals surface area contributed by atoms with Crippen LogP contribution in [0, 0.1) is 0 Å². The molecule has 2 nitrogen and oxygen atoms in total. The Hall–Kier alpha value is -1.38. The third-order valence-corrected chi connectivity index (χ3v) is 3.41. The van der Waals surface area contributed by atoms with Crippen molar-refractivity contribution in [3.63, 3.8) is 0 Å². The first-order valence-electron chi connectivity index (χ1n) is 7.09. The third kappa shape index (κ3) is 4.34. The van der Waals surface area contributed by atoms with Crippen LogP contribution in [0.25, 0.3) is 10.8 Å². The highest BCUT2D eigenvalue weighted by Gasteiger charge is 1.99. The number of fused-ring (bicyclic) bond motifs is 1. The van der Waals surface area contributed by atoms with Gasteiger partial charge in [-0.15, -0.1) is 0 Å². The van der Waals surface area contributed by atoms with Crippen LogP contribution in [0.1, 0.15) is 12.0 Å². The van der Waals surface area contributed by atoms with Gasteiger partial charge in [0.25, 0.3) is 0 Å². The summed E-state index contributed by atoms with van der Waals surface area (Å²) in [5, 5.41) is 6.26. The van der Waals surface area contributed by atoms with Gasteiger partial charge in [0.05, 0.1) is 0 Å². The van der Waals surface area contributed by atoms with Crippen molar-refractivity contribution in [3.8, 4) is 0 Å². The Labute approximate surface area is 116 Å². The average molecular weight is 256 g/mol. The number of rotatable bonds is 7. The second-order valence-corrected chi connectivity index (χ2v) is 5.30. The summed E-state index contributed by atoms with van der Waals surface area (Å²) in [4.78, 5) is 2.23. The molecule has 2 aromatic carbocycles. The number of hydrogen-bond acceptors (Lipinski definition) is 2. The summed E-state index contributed by atoms with van der Waals surface area (Å²) in [6, 6.07) is 15.2. The lowest BCUT2D eigenvalue weighted by Gasteiger charge is -2.10. The molecule has 0 saturated heterocycles. The maximum atomic E-state index is 3.53. The Morgan fingerprint density at radius 2 is 1.74 bits per heavy atom. The lowest BCUT2D eigenvalue weighted by molar-refractivity contribution is 0.395. The normalized spacial score (nSPS) is 11.3. The van der Waals surface area contributed by atoms with E-state index in [1.54, 1.807) is 0 Å². The predicted molar refractivity (Wildman–Crippen MR) is 83.7 cm³/mol. The topological polar surface area (TPSA) is 15.3 Å². The zero-order chi connectivity index (χ0) is 13.5. The Morgan fingerprint density at radius 3 is 2.58 bits per heavy atom. The molecule has 1 N–H and O–H groups in total. The lowest BCUT2D eigenvalue weighted by atomic mass is 10.0. The van der Waals surface area contributed by atoms with Gasteiger partial charge in [-0.05, 0) is 62.9 Å². The fraction of sp³-hybridized carbons (Fsp3) is 0.412. The molecule has 0 radical (unpaired) electrons. The van der Waals surface area contributed by atoms with E-state index in [4.69, 9.17) is 0 Å². The zero-order valence-corrected chi connectivity index (χ0v) is 12.0. The Balaban J connectivity index is 1.82. The minimum atomic E-state index is 1.06. The van der Waals surface area contributed by atoms with Crippen LogP contribution in [0.3, 0.4) is 0 Å². The fourth-order valence-electron chi connectivity index (χ4n) is 2.38. The molecule has 0 fully saturated rings. The van der Waals surface area contributed by atoms with Crippen LogP contribution in [-0.2, 0) is 6.42 Å². The highest BCUT2D eigenvalue weighted by molar-refractivity contribution is 5.85. The van der Waals surface area contributed by atoms with Crippen molar-refractivity contribution in [2.45, 2.75) is 12.8 Å². The molecule has 0 aliphatic rings. The van der Waals surface area contributed by atoms with Gasteiger partial charge in [0.1, 0.15) is 0 Å². The van der Waals surface area contributed by atoms with Gasteiger partial charge in [0.15, 0.2) is 0 Å². The smallest absolute Gasteiger partial charge is 0.000812 e. The van der Waals surface area contributed by atoms with Crippen molar-refractivity contribution in [2.24, 2.45) is 0 Å². The van der Waals surface area contributed by atoms with Crippen LogP contribution < -0.4 is 5.32 Å².